The fourth-order valence-corrected chi connectivity index (χ4v) is 3.20. The predicted octanol–water partition coefficient (Wildman–Crippen LogP) is 2.35. The number of hydrogen-bond acceptors (Lipinski definition) is 3. The van der Waals surface area contributed by atoms with Crippen molar-refractivity contribution < 1.29 is 12.8 Å². The molecule has 0 unspecified atom stereocenters. The maximum Gasteiger partial charge on any atom is 0.175 e. The molecule has 1 aliphatic rings. The Morgan fingerprint density at radius 3 is 2.33 bits per heavy atom. The molecule has 1 aromatic rings. The van der Waals surface area contributed by atoms with E-state index in [0.717, 1.165) is 44.4 Å². The summed E-state index contributed by atoms with van der Waals surface area (Å²) in [4.78, 5) is 0.00731. The Morgan fingerprint density at radius 2 is 1.78 bits per heavy atom. The first-order chi connectivity index (χ1) is 8.31. The summed E-state index contributed by atoms with van der Waals surface area (Å²) in [6.07, 6.45) is 5.77. The maximum atomic E-state index is 13.6. The number of nitrogens with two attached hydrogens (primary N) is 1. The standard InChI is InChI=1S/C13H18FNO2S/c1-18(16,17)12-8-10(7-11(14)9-12)13(15)5-3-2-4-6-13/h7-9H,2-6,15H2,1H3. The largest absolute Gasteiger partial charge is 0.321 e. The Balaban J connectivity index is 2.48. The van der Waals surface area contributed by atoms with E-state index in [-0.39, 0.29) is 4.90 Å². The third-order valence-electron chi connectivity index (χ3n) is 3.62. The molecule has 2 rings (SSSR count). The smallest absolute Gasteiger partial charge is 0.175 e. The van der Waals surface area contributed by atoms with Gasteiger partial charge in [0.15, 0.2) is 9.84 Å². The Hall–Kier alpha value is -0.940. The Bertz CT molecular complexity index is 548. The molecule has 0 aromatic heterocycles. The molecule has 0 bridgehead atoms. The highest BCUT2D eigenvalue weighted by Crippen LogP contribution is 2.35. The lowest BCUT2D eigenvalue weighted by Crippen LogP contribution is -2.38. The number of rotatable bonds is 2. The van der Waals surface area contributed by atoms with Crippen molar-refractivity contribution in [1.82, 2.24) is 0 Å². The molecule has 3 nitrogen and oxygen atoms in total. The molecule has 0 heterocycles. The average Bonchev–Trinajstić information content (AvgIpc) is 2.28. The van der Waals surface area contributed by atoms with E-state index in [0.29, 0.717) is 5.56 Å². The Labute approximate surface area is 107 Å². The molecule has 5 heteroatoms. The number of hydrogen-bond donors (Lipinski definition) is 1. The number of benzene rings is 1. The highest BCUT2D eigenvalue weighted by atomic mass is 32.2. The first kappa shape index (κ1) is 13.5. The third kappa shape index (κ3) is 2.72. The second-order valence-corrected chi connectivity index (χ2v) is 7.18. The molecule has 1 fully saturated rings. The van der Waals surface area contributed by atoms with Crippen LogP contribution >= 0.6 is 0 Å². The fraction of sp³-hybridized carbons (Fsp3) is 0.538. The quantitative estimate of drug-likeness (QED) is 0.898. The first-order valence-corrected chi connectivity index (χ1v) is 8.00. The lowest BCUT2D eigenvalue weighted by atomic mass is 9.77. The van der Waals surface area contributed by atoms with E-state index in [2.05, 4.69) is 0 Å². The zero-order valence-electron chi connectivity index (χ0n) is 10.4. The van der Waals surface area contributed by atoms with Gasteiger partial charge in [-0.2, -0.15) is 0 Å². The Kier molecular flexibility index (Phi) is 3.47. The van der Waals surface area contributed by atoms with E-state index in [1.54, 1.807) is 0 Å². The van der Waals surface area contributed by atoms with Gasteiger partial charge in [0.1, 0.15) is 5.82 Å². The van der Waals surface area contributed by atoms with Crippen LogP contribution in [0.3, 0.4) is 0 Å². The lowest BCUT2D eigenvalue weighted by molar-refractivity contribution is 0.301. The van der Waals surface area contributed by atoms with Gasteiger partial charge in [-0.1, -0.05) is 19.3 Å². The molecule has 1 aromatic carbocycles. The summed E-state index contributed by atoms with van der Waals surface area (Å²) in [5, 5.41) is 0. The van der Waals surface area contributed by atoms with Crippen molar-refractivity contribution >= 4 is 9.84 Å². The van der Waals surface area contributed by atoms with Gasteiger partial charge in [-0.3, -0.25) is 0 Å². The van der Waals surface area contributed by atoms with Gasteiger partial charge in [-0.15, -0.1) is 0 Å². The van der Waals surface area contributed by atoms with Crippen molar-refractivity contribution in [2.24, 2.45) is 5.73 Å². The van der Waals surface area contributed by atoms with Gasteiger partial charge >= 0.3 is 0 Å². The van der Waals surface area contributed by atoms with E-state index in [4.69, 9.17) is 5.73 Å². The summed E-state index contributed by atoms with van der Waals surface area (Å²) in [6.45, 7) is 0. The van der Waals surface area contributed by atoms with Gasteiger partial charge in [0, 0.05) is 11.8 Å². The molecule has 18 heavy (non-hydrogen) atoms. The summed E-state index contributed by atoms with van der Waals surface area (Å²) in [5.74, 6) is -0.539. The van der Waals surface area contributed by atoms with Crippen LogP contribution in [0.4, 0.5) is 4.39 Å². The normalized spacial score (nSPS) is 19.7. The van der Waals surface area contributed by atoms with Crippen molar-refractivity contribution in [2.75, 3.05) is 6.26 Å². The molecule has 2 N–H and O–H groups in total. The van der Waals surface area contributed by atoms with Crippen LogP contribution in [0.25, 0.3) is 0 Å². The minimum atomic E-state index is -3.41. The van der Waals surface area contributed by atoms with Crippen LogP contribution in [0.2, 0.25) is 0 Å². The van der Waals surface area contributed by atoms with Gasteiger partial charge in [0.05, 0.1) is 4.90 Å². The van der Waals surface area contributed by atoms with Crippen LogP contribution in [-0.2, 0) is 15.4 Å². The van der Waals surface area contributed by atoms with Gasteiger partial charge in [0.2, 0.25) is 0 Å². The molecule has 0 aliphatic heterocycles. The van der Waals surface area contributed by atoms with Crippen molar-refractivity contribution in [3.63, 3.8) is 0 Å². The molecule has 100 valence electrons. The minimum Gasteiger partial charge on any atom is -0.321 e. The monoisotopic (exact) mass is 271 g/mol. The summed E-state index contributed by atoms with van der Waals surface area (Å²) in [7, 11) is -3.41. The summed E-state index contributed by atoms with van der Waals surface area (Å²) >= 11 is 0. The van der Waals surface area contributed by atoms with Crippen LogP contribution in [-0.4, -0.2) is 14.7 Å². The van der Waals surface area contributed by atoms with Gasteiger partial charge in [-0.25, -0.2) is 12.8 Å². The Morgan fingerprint density at radius 1 is 1.17 bits per heavy atom. The zero-order valence-corrected chi connectivity index (χ0v) is 11.3. The summed E-state index contributed by atoms with van der Waals surface area (Å²) in [5.41, 5.74) is 6.32. The molecule has 0 amide bonds. The van der Waals surface area contributed by atoms with Crippen molar-refractivity contribution in [2.45, 2.75) is 42.5 Å². The molecule has 0 saturated heterocycles. The van der Waals surface area contributed by atoms with Crippen LogP contribution in [0.15, 0.2) is 23.1 Å². The molecular weight excluding hydrogens is 253 g/mol. The number of halogens is 1. The van der Waals surface area contributed by atoms with Crippen molar-refractivity contribution in [3.05, 3.63) is 29.6 Å². The van der Waals surface area contributed by atoms with Crippen LogP contribution in [0.1, 0.15) is 37.7 Å². The van der Waals surface area contributed by atoms with Crippen LogP contribution in [0, 0.1) is 5.82 Å². The second kappa shape index (κ2) is 4.63. The zero-order chi connectivity index (χ0) is 13.4. The van der Waals surface area contributed by atoms with Crippen LogP contribution < -0.4 is 5.73 Å². The topological polar surface area (TPSA) is 60.2 Å². The van der Waals surface area contributed by atoms with E-state index in [1.807, 2.05) is 0 Å². The minimum absolute atomic E-state index is 0.00731. The summed E-state index contributed by atoms with van der Waals surface area (Å²) < 4.78 is 36.6. The van der Waals surface area contributed by atoms with E-state index >= 15 is 0 Å². The molecule has 0 atom stereocenters. The van der Waals surface area contributed by atoms with Gasteiger partial charge < -0.3 is 5.73 Å². The molecule has 1 saturated carbocycles. The van der Waals surface area contributed by atoms with Crippen LogP contribution in [0.5, 0.6) is 0 Å². The summed E-state index contributed by atoms with van der Waals surface area (Å²) in [6, 6.07) is 3.93. The van der Waals surface area contributed by atoms with Crippen molar-refractivity contribution in [1.29, 1.82) is 0 Å². The van der Waals surface area contributed by atoms with E-state index < -0.39 is 21.2 Å². The van der Waals surface area contributed by atoms with E-state index in [1.165, 1.54) is 12.1 Å². The first-order valence-electron chi connectivity index (χ1n) is 6.11. The highest BCUT2D eigenvalue weighted by Gasteiger charge is 2.30. The molecule has 0 radical (unpaired) electrons. The molecular formula is C13H18FNO2S. The fourth-order valence-electron chi connectivity index (χ4n) is 2.54. The lowest BCUT2D eigenvalue weighted by Gasteiger charge is -2.34. The highest BCUT2D eigenvalue weighted by molar-refractivity contribution is 7.90. The maximum absolute atomic E-state index is 13.6. The van der Waals surface area contributed by atoms with Crippen molar-refractivity contribution in [3.8, 4) is 0 Å². The van der Waals surface area contributed by atoms with Gasteiger partial charge in [-0.05, 0) is 36.6 Å². The number of sulfone groups is 1. The average molecular weight is 271 g/mol. The van der Waals surface area contributed by atoms with E-state index in [9.17, 15) is 12.8 Å². The van der Waals surface area contributed by atoms with Gasteiger partial charge in [0.25, 0.3) is 0 Å². The molecule has 1 aliphatic carbocycles. The third-order valence-corrected chi connectivity index (χ3v) is 4.71. The SMILES string of the molecule is CS(=O)(=O)c1cc(F)cc(C2(N)CCCCC2)c1. The molecule has 0 spiro atoms. The second-order valence-electron chi connectivity index (χ2n) is 5.16. The predicted molar refractivity (Wildman–Crippen MR) is 68.5 cm³/mol.